The Bertz CT molecular complexity index is 601. The Labute approximate surface area is 126 Å². The van der Waals surface area contributed by atoms with Gasteiger partial charge < -0.3 is 5.32 Å². The van der Waals surface area contributed by atoms with Gasteiger partial charge in [0.05, 0.1) is 0 Å². The number of nitrogens with one attached hydrogen (secondary N) is 1. The van der Waals surface area contributed by atoms with Crippen LogP contribution in [0.3, 0.4) is 0 Å². The van der Waals surface area contributed by atoms with Crippen molar-refractivity contribution in [3.8, 4) is 0 Å². The number of benzene rings is 1. The Morgan fingerprint density at radius 1 is 1.05 bits per heavy atom. The van der Waals surface area contributed by atoms with E-state index in [4.69, 9.17) is 9.97 Å². The van der Waals surface area contributed by atoms with Gasteiger partial charge in [-0.3, -0.25) is 0 Å². The summed E-state index contributed by atoms with van der Waals surface area (Å²) in [6.07, 6.45) is 2.14. The molecule has 0 saturated heterocycles. The first kappa shape index (κ1) is 14.2. The molecule has 3 heteroatoms. The molecule has 1 aliphatic rings. The predicted molar refractivity (Wildman–Crippen MR) is 85.5 cm³/mol. The van der Waals surface area contributed by atoms with E-state index in [0.717, 1.165) is 43.1 Å². The van der Waals surface area contributed by atoms with Crippen molar-refractivity contribution in [2.75, 3.05) is 6.54 Å². The zero-order chi connectivity index (χ0) is 14.8. The van der Waals surface area contributed by atoms with Gasteiger partial charge in [0, 0.05) is 29.4 Å². The molecule has 0 atom stereocenters. The average Bonchev–Trinajstić information content (AvgIpc) is 2.90. The van der Waals surface area contributed by atoms with E-state index in [2.05, 4.69) is 50.4 Å². The summed E-state index contributed by atoms with van der Waals surface area (Å²) in [6.45, 7) is 8.16. The summed E-state index contributed by atoms with van der Waals surface area (Å²) in [7, 11) is 0. The molecule has 0 saturated carbocycles. The van der Waals surface area contributed by atoms with Crippen molar-refractivity contribution < 1.29 is 0 Å². The number of nitrogens with zero attached hydrogens (tertiary/aromatic N) is 2. The quantitative estimate of drug-likeness (QED) is 0.936. The second kappa shape index (κ2) is 5.94. The third-order valence-electron chi connectivity index (χ3n) is 4.41. The fourth-order valence-corrected chi connectivity index (χ4v) is 3.20. The maximum atomic E-state index is 4.80. The van der Waals surface area contributed by atoms with Crippen LogP contribution < -0.4 is 5.32 Å². The third kappa shape index (κ3) is 2.84. The lowest BCUT2D eigenvalue weighted by Crippen LogP contribution is -2.17. The molecule has 1 N–H and O–H groups in total. The zero-order valence-electron chi connectivity index (χ0n) is 13.1. The molecule has 2 aromatic rings. The molecule has 3 rings (SSSR count). The minimum absolute atomic E-state index is 0.438. The van der Waals surface area contributed by atoms with E-state index in [1.165, 1.54) is 16.7 Å². The van der Waals surface area contributed by atoms with E-state index >= 15 is 0 Å². The largest absolute Gasteiger partial charge is 0.313 e. The van der Waals surface area contributed by atoms with E-state index in [1.807, 2.05) is 0 Å². The summed E-state index contributed by atoms with van der Waals surface area (Å²) < 4.78 is 0. The SMILES string of the molecule is CCNCc1c(C)nc(C2Cc3ccccc3C2)nc1C. The molecule has 0 amide bonds. The lowest BCUT2D eigenvalue weighted by molar-refractivity contribution is 0.656. The zero-order valence-corrected chi connectivity index (χ0v) is 13.1. The first-order valence-corrected chi connectivity index (χ1v) is 7.80. The minimum Gasteiger partial charge on any atom is -0.313 e. The van der Waals surface area contributed by atoms with Gasteiger partial charge in [-0.1, -0.05) is 31.2 Å². The Morgan fingerprint density at radius 2 is 1.62 bits per heavy atom. The van der Waals surface area contributed by atoms with Crippen LogP contribution in [0.2, 0.25) is 0 Å². The van der Waals surface area contributed by atoms with E-state index in [9.17, 15) is 0 Å². The van der Waals surface area contributed by atoms with Gasteiger partial charge in [0.25, 0.3) is 0 Å². The maximum absolute atomic E-state index is 4.80. The highest BCUT2D eigenvalue weighted by Crippen LogP contribution is 2.32. The molecular weight excluding hydrogens is 258 g/mol. The Balaban J connectivity index is 1.85. The molecule has 21 heavy (non-hydrogen) atoms. The van der Waals surface area contributed by atoms with Crippen LogP contribution in [0, 0.1) is 13.8 Å². The summed E-state index contributed by atoms with van der Waals surface area (Å²) in [6, 6.07) is 8.71. The molecule has 0 fully saturated rings. The number of hydrogen-bond acceptors (Lipinski definition) is 3. The first-order valence-electron chi connectivity index (χ1n) is 7.80. The number of aromatic nitrogens is 2. The molecule has 1 aliphatic carbocycles. The predicted octanol–water partition coefficient (Wildman–Crippen LogP) is 3.09. The van der Waals surface area contributed by atoms with E-state index in [1.54, 1.807) is 0 Å². The van der Waals surface area contributed by atoms with Crippen molar-refractivity contribution in [2.45, 2.75) is 46.1 Å². The summed E-state index contributed by atoms with van der Waals surface area (Å²) in [5, 5.41) is 3.37. The summed E-state index contributed by atoms with van der Waals surface area (Å²) in [4.78, 5) is 9.60. The smallest absolute Gasteiger partial charge is 0.132 e. The topological polar surface area (TPSA) is 37.8 Å². The second-order valence-corrected chi connectivity index (χ2v) is 5.89. The summed E-state index contributed by atoms with van der Waals surface area (Å²) >= 11 is 0. The Kier molecular flexibility index (Phi) is 4.02. The number of aryl methyl sites for hydroxylation is 2. The molecule has 0 aliphatic heterocycles. The van der Waals surface area contributed by atoms with Gasteiger partial charge in [-0.15, -0.1) is 0 Å². The van der Waals surface area contributed by atoms with Crippen LogP contribution in [-0.2, 0) is 19.4 Å². The normalized spacial score (nSPS) is 14.4. The molecule has 0 spiro atoms. The van der Waals surface area contributed by atoms with E-state index in [0.29, 0.717) is 5.92 Å². The van der Waals surface area contributed by atoms with E-state index in [-0.39, 0.29) is 0 Å². The average molecular weight is 281 g/mol. The van der Waals surface area contributed by atoms with Gasteiger partial charge in [-0.05, 0) is 44.4 Å². The lowest BCUT2D eigenvalue weighted by Gasteiger charge is -2.14. The van der Waals surface area contributed by atoms with Gasteiger partial charge in [0.2, 0.25) is 0 Å². The molecule has 110 valence electrons. The van der Waals surface area contributed by atoms with Crippen LogP contribution in [0.1, 0.15) is 46.7 Å². The molecule has 3 nitrogen and oxygen atoms in total. The van der Waals surface area contributed by atoms with Crippen LogP contribution >= 0.6 is 0 Å². The van der Waals surface area contributed by atoms with Crippen molar-refractivity contribution in [3.63, 3.8) is 0 Å². The Hall–Kier alpha value is -1.74. The lowest BCUT2D eigenvalue weighted by atomic mass is 10.0. The maximum Gasteiger partial charge on any atom is 0.132 e. The summed E-state index contributed by atoms with van der Waals surface area (Å²) in [5.74, 6) is 1.45. The van der Waals surface area contributed by atoms with Crippen molar-refractivity contribution >= 4 is 0 Å². The molecule has 0 radical (unpaired) electrons. The van der Waals surface area contributed by atoms with Crippen molar-refractivity contribution in [2.24, 2.45) is 0 Å². The molecule has 0 unspecified atom stereocenters. The van der Waals surface area contributed by atoms with Gasteiger partial charge in [-0.2, -0.15) is 0 Å². The van der Waals surface area contributed by atoms with Crippen LogP contribution in [0.5, 0.6) is 0 Å². The molecule has 0 bridgehead atoms. The molecule has 1 heterocycles. The van der Waals surface area contributed by atoms with E-state index < -0.39 is 0 Å². The fourth-order valence-electron chi connectivity index (χ4n) is 3.20. The fraction of sp³-hybridized carbons (Fsp3) is 0.444. The highest BCUT2D eigenvalue weighted by molar-refractivity contribution is 5.36. The van der Waals surface area contributed by atoms with Crippen molar-refractivity contribution in [3.05, 3.63) is 58.2 Å². The minimum atomic E-state index is 0.438. The van der Waals surface area contributed by atoms with Crippen LogP contribution in [0.4, 0.5) is 0 Å². The second-order valence-electron chi connectivity index (χ2n) is 5.89. The third-order valence-corrected chi connectivity index (χ3v) is 4.41. The van der Waals surface area contributed by atoms with Gasteiger partial charge in [0.1, 0.15) is 5.82 Å². The van der Waals surface area contributed by atoms with Crippen molar-refractivity contribution in [1.29, 1.82) is 0 Å². The van der Waals surface area contributed by atoms with Gasteiger partial charge in [0.15, 0.2) is 0 Å². The number of hydrogen-bond donors (Lipinski definition) is 1. The monoisotopic (exact) mass is 281 g/mol. The summed E-state index contributed by atoms with van der Waals surface area (Å²) in [5.41, 5.74) is 6.40. The van der Waals surface area contributed by atoms with Crippen LogP contribution in [0.15, 0.2) is 24.3 Å². The van der Waals surface area contributed by atoms with Crippen LogP contribution in [0.25, 0.3) is 0 Å². The Morgan fingerprint density at radius 3 is 2.14 bits per heavy atom. The number of fused-ring (bicyclic) bond motifs is 1. The first-order chi connectivity index (χ1) is 10.2. The molecular formula is C18H23N3. The standard InChI is InChI=1S/C18H23N3/c1-4-19-11-17-12(2)20-18(21-13(17)3)16-9-14-7-5-6-8-15(14)10-16/h5-8,16,19H,4,9-11H2,1-3H3. The highest BCUT2D eigenvalue weighted by atomic mass is 14.9. The van der Waals surface area contributed by atoms with Gasteiger partial charge in [-0.25, -0.2) is 9.97 Å². The van der Waals surface area contributed by atoms with Gasteiger partial charge >= 0.3 is 0 Å². The number of rotatable bonds is 4. The molecule has 1 aromatic carbocycles. The highest BCUT2D eigenvalue weighted by Gasteiger charge is 2.25. The molecule has 1 aromatic heterocycles. The van der Waals surface area contributed by atoms with Crippen LogP contribution in [-0.4, -0.2) is 16.5 Å². The van der Waals surface area contributed by atoms with Crippen molar-refractivity contribution in [1.82, 2.24) is 15.3 Å².